The van der Waals surface area contributed by atoms with Gasteiger partial charge >= 0.3 is 0 Å². The van der Waals surface area contributed by atoms with Crippen molar-refractivity contribution in [3.63, 3.8) is 0 Å². The fraction of sp³-hybridized carbons (Fsp3) is 0.533. The van der Waals surface area contributed by atoms with E-state index in [4.69, 9.17) is 14.2 Å². The molecule has 20 heavy (non-hydrogen) atoms. The lowest BCUT2D eigenvalue weighted by Crippen LogP contribution is -2.20. The van der Waals surface area contributed by atoms with Crippen molar-refractivity contribution >= 4 is 6.08 Å². The topological polar surface area (TPSA) is 57.1 Å². The molecule has 0 aromatic heterocycles. The van der Waals surface area contributed by atoms with Crippen LogP contribution in [-0.2, 0) is 10.3 Å². The van der Waals surface area contributed by atoms with Crippen LogP contribution in [0.15, 0.2) is 17.1 Å². The van der Waals surface area contributed by atoms with Crippen LogP contribution in [0.25, 0.3) is 0 Å². The fourth-order valence-electron chi connectivity index (χ4n) is 2.88. The van der Waals surface area contributed by atoms with E-state index in [-0.39, 0.29) is 0 Å². The van der Waals surface area contributed by atoms with E-state index in [0.29, 0.717) is 17.2 Å². The Labute approximate surface area is 118 Å². The average molecular weight is 277 g/mol. The second kappa shape index (κ2) is 5.97. The zero-order valence-electron chi connectivity index (χ0n) is 12.1. The molecule has 0 amide bonds. The van der Waals surface area contributed by atoms with Crippen LogP contribution >= 0.6 is 0 Å². The van der Waals surface area contributed by atoms with Gasteiger partial charge in [-0.1, -0.05) is 12.8 Å². The third-order valence-corrected chi connectivity index (χ3v) is 3.90. The monoisotopic (exact) mass is 277 g/mol. The first-order valence-electron chi connectivity index (χ1n) is 6.60. The summed E-state index contributed by atoms with van der Waals surface area (Å²) in [6, 6.07) is 3.62. The van der Waals surface area contributed by atoms with Crippen LogP contribution in [0.3, 0.4) is 0 Å². The predicted octanol–water partition coefficient (Wildman–Crippen LogP) is 2.82. The maximum absolute atomic E-state index is 10.8. The number of carbonyl (C=O) groups excluding carboxylic acids is 1. The molecule has 1 aliphatic carbocycles. The lowest BCUT2D eigenvalue weighted by molar-refractivity contribution is 0.339. The van der Waals surface area contributed by atoms with Gasteiger partial charge < -0.3 is 14.2 Å². The molecule has 1 aromatic rings. The third kappa shape index (κ3) is 2.37. The predicted molar refractivity (Wildman–Crippen MR) is 74.4 cm³/mol. The minimum Gasteiger partial charge on any atom is -0.496 e. The summed E-state index contributed by atoms with van der Waals surface area (Å²) < 4.78 is 16.1. The molecule has 5 nitrogen and oxygen atoms in total. The van der Waals surface area contributed by atoms with E-state index in [1.807, 2.05) is 6.07 Å². The summed E-state index contributed by atoms with van der Waals surface area (Å²) in [4.78, 5) is 14.9. The number of hydrogen-bond acceptors (Lipinski definition) is 5. The molecule has 0 saturated heterocycles. The molecule has 0 radical (unpaired) electrons. The molecule has 0 N–H and O–H groups in total. The summed E-state index contributed by atoms with van der Waals surface area (Å²) in [5.41, 5.74) is 0.311. The van der Waals surface area contributed by atoms with Gasteiger partial charge in [-0.05, 0) is 18.9 Å². The zero-order chi connectivity index (χ0) is 14.6. The quantitative estimate of drug-likeness (QED) is 0.613. The Morgan fingerprint density at radius 2 is 1.55 bits per heavy atom. The van der Waals surface area contributed by atoms with Crippen LogP contribution in [0.4, 0.5) is 0 Å². The van der Waals surface area contributed by atoms with Crippen molar-refractivity contribution in [1.29, 1.82) is 0 Å². The maximum Gasteiger partial charge on any atom is 0.235 e. The van der Waals surface area contributed by atoms with Crippen molar-refractivity contribution in [3.8, 4) is 17.2 Å². The van der Waals surface area contributed by atoms with Crippen molar-refractivity contribution in [1.82, 2.24) is 0 Å². The number of hydrogen-bond donors (Lipinski definition) is 0. The van der Waals surface area contributed by atoms with Crippen molar-refractivity contribution in [2.45, 2.75) is 31.2 Å². The Bertz CT molecular complexity index is 529. The largest absolute Gasteiger partial charge is 0.496 e. The Hall–Kier alpha value is -2.00. The minimum atomic E-state index is -0.549. The van der Waals surface area contributed by atoms with Gasteiger partial charge in [0.05, 0.1) is 21.3 Å². The normalized spacial score (nSPS) is 16.4. The first-order chi connectivity index (χ1) is 9.70. The third-order valence-electron chi connectivity index (χ3n) is 3.90. The molecule has 5 heteroatoms. The van der Waals surface area contributed by atoms with Crippen LogP contribution in [-0.4, -0.2) is 27.4 Å². The fourth-order valence-corrected chi connectivity index (χ4v) is 2.88. The molecule has 2 rings (SSSR count). The highest BCUT2D eigenvalue weighted by Gasteiger charge is 2.39. The van der Waals surface area contributed by atoms with Gasteiger partial charge in [0.1, 0.15) is 11.3 Å². The Morgan fingerprint density at radius 1 is 1.00 bits per heavy atom. The summed E-state index contributed by atoms with van der Waals surface area (Å²) in [6.07, 6.45) is 5.40. The molecular weight excluding hydrogens is 258 g/mol. The summed E-state index contributed by atoms with van der Waals surface area (Å²) in [5.74, 6) is 1.86. The molecule has 1 saturated carbocycles. The summed E-state index contributed by atoms with van der Waals surface area (Å²) in [5, 5.41) is 0. The van der Waals surface area contributed by atoms with Crippen LogP contribution < -0.4 is 14.2 Å². The van der Waals surface area contributed by atoms with E-state index in [0.717, 1.165) is 31.2 Å². The zero-order valence-corrected chi connectivity index (χ0v) is 12.1. The highest BCUT2D eigenvalue weighted by molar-refractivity contribution is 5.54. The standard InChI is InChI=1S/C15H19NO4/c1-18-12-9-14(20-3)13(19-2)8-11(12)15(16-10-17)6-4-5-7-15/h8-9H,4-7H2,1-3H3. The lowest BCUT2D eigenvalue weighted by atomic mass is 9.88. The van der Waals surface area contributed by atoms with Gasteiger partial charge in [-0.15, -0.1) is 0 Å². The van der Waals surface area contributed by atoms with E-state index < -0.39 is 5.54 Å². The van der Waals surface area contributed by atoms with Crippen molar-refractivity contribution in [2.24, 2.45) is 4.99 Å². The molecule has 0 aliphatic heterocycles. The van der Waals surface area contributed by atoms with Crippen LogP contribution in [0.2, 0.25) is 0 Å². The van der Waals surface area contributed by atoms with Gasteiger partial charge in [-0.2, -0.15) is 4.99 Å². The second-order valence-corrected chi connectivity index (χ2v) is 4.85. The van der Waals surface area contributed by atoms with Crippen LogP contribution in [0, 0.1) is 0 Å². The molecule has 0 heterocycles. The SMILES string of the molecule is COc1cc(OC)c(C2(N=C=O)CCCC2)cc1OC. The van der Waals surface area contributed by atoms with E-state index in [9.17, 15) is 4.79 Å². The van der Waals surface area contributed by atoms with Gasteiger partial charge in [-0.25, -0.2) is 4.79 Å². The summed E-state index contributed by atoms with van der Waals surface area (Å²) in [6.45, 7) is 0. The smallest absolute Gasteiger partial charge is 0.235 e. The molecule has 0 unspecified atom stereocenters. The summed E-state index contributed by atoms with van der Waals surface area (Å²) in [7, 11) is 4.75. The number of nitrogens with zero attached hydrogens (tertiary/aromatic N) is 1. The molecular formula is C15H19NO4. The highest BCUT2D eigenvalue weighted by Crippen LogP contribution is 2.48. The lowest BCUT2D eigenvalue weighted by Gasteiger charge is -2.26. The Morgan fingerprint density at radius 3 is 2.05 bits per heavy atom. The molecule has 1 aromatic carbocycles. The van der Waals surface area contributed by atoms with Crippen molar-refractivity contribution in [3.05, 3.63) is 17.7 Å². The number of rotatable bonds is 5. The van der Waals surface area contributed by atoms with Gasteiger partial charge in [0.25, 0.3) is 0 Å². The number of aliphatic imine (C=N–C) groups is 1. The minimum absolute atomic E-state index is 0.549. The number of benzene rings is 1. The molecule has 0 atom stereocenters. The number of methoxy groups -OCH3 is 3. The number of ether oxygens (including phenoxy) is 3. The van der Waals surface area contributed by atoms with Gasteiger partial charge in [-0.3, -0.25) is 0 Å². The molecule has 0 bridgehead atoms. The van der Waals surface area contributed by atoms with Gasteiger partial charge in [0.15, 0.2) is 11.5 Å². The first kappa shape index (κ1) is 14.4. The molecule has 1 fully saturated rings. The summed E-state index contributed by atoms with van der Waals surface area (Å²) >= 11 is 0. The van der Waals surface area contributed by atoms with Gasteiger partial charge in [0.2, 0.25) is 6.08 Å². The average Bonchev–Trinajstić information content (AvgIpc) is 2.95. The second-order valence-electron chi connectivity index (χ2n) is 4.85. The Balaban J connectivity index is 2.61. The van der Waals surface area contributed by atoms with Crippen molar-refractivity contribution in [2.75, 3.05) is 21.3 Å². The van der Waals surface area contributed by atoms with Crippen LogP contribution in [0.1, 0.15) is 31.2 Å². The highest BCUT2D eigenvalue weighted by atomic mass is 16.5. The Kier molecular flexibility index (Phi) is 4.30. The van der Waals surface area contributed by atoms with E-state index >= 15 is 0 Å². The van der Waals surface area contributed by atoms with Crippen molar-refractivity contribution < 1.29 is 19.0 Å². The van der Waals surface area contributed by atoms with Gasteiger partial charge in [0, 0.05) is 11.6 Å². The van der Waals surface area contributed by atoms with Crippen LogP contribution in [0.5, 0.6) is 17.2 Å². The van der Waals surface area contributed by atoms with E-state index in [1.165, 1.54) is 0 Å². The maximum atomic E-state index is 10.8. The molecule has 108 valence electrons. The number of isocyanates is 1. The molecule has 0 spiro atoms. The van der Waals surface area contributed by atoms with E-state index in [1.54, 1.807) is 33.5 Å². The molecule has 1 aliphatic rings. The first-order valence-corrected chi connectivity index (χ1v) is 6.60. The van der Waals surface area contributed by atoms with E-state index in [2.05, 4.69) is 4.99 Å².